The molecule has 3 rings (SSSR count). The van der Waals surface area contributed by atoms with E-state index in [1.807, 2.05) is 12.1 Å². The second-order valence-corrected chi connectivity index (χ2v) is 8.30. The van der Waals surface area contributed by atoms with Gasteiger partial charge in [-0.05, 0) is 48.9 Å². The maximum absolute atomic E-state index is 5.96. The first-order chi connectivity index (χ1) is 13.3. The van der Waals surface area contributed by atoms with Crippen LogP contribution < -0.4 is 0 Å². The Morgan fingerprint density at radius 1 is 0.741 bits per heavy atom. The molecule has 1 atom stereocenters. The van der Waals surface area contributed by atoms with Gasteiger partial charge in [0, 0.05) is 26.7 Å². The number of ether oxygens (including phenoxy) is 2. The average Bonchev–Trinajstić information content (AvgIpc) is 2.70. The predicted molar refractivity (Wildman–Crippen MR) is 114 cm³/mol. The zero-order chi connectivity index (χ0) is 18.9. The van der Waals surface area contributed by atoms with Crippen molar-refractivity contribution in [2.75, 3.05) is 20.3 Å². The van der Waals surface area contributed by atoms with Gasteiger partial charge in [-0.15, -0.1) is 0 Å². The minimum Gasteiger partial charge on any atom is -0.382 e. The zero-order valence-electron chi connectivity index (χ0n) is 15.6. The lowest BCUT2D eigenvalue weighted by molar-refractivity contribution is 0.0244. The molecule has 0 amide bonds. The van der Waals surface area contributed by atoms with E-state index in [0.717, 1.165) is 0 Å². The minimum absolute atomic E-state index is 0.0159. The summed E-state index contributed by atoms with van der Waals surface area (Å²) in [5, 5.41) is 0. The molecule has 140 valence electrons. The molecular weight excluding hydrogens is 372 g/mol. The van der Waals surface area contributed by atoms with E-state index >= 15 is 0 Å². The van der Waals surface area contributed by atoms with Gasteiger partial charge in [0.05, 0.1) is 19.3 Å². The van der Waals surface area contributed by atoms with Gasteiger partial charge in [0.1, 0.15) is 0 Å². The van der Waals surface area contributed by atoms with Crippen LogP contribution >= 0.6 is 23.5 Å². The Balaban J connectivity index is 1.85. The molecule has 0 aliphatic heterocycles. The van der Waals surface area contributed by atoms with E-state index in [2.05, 4.69) is 73.7 Å². The maximum atomic E-state index is 5.96. The van der Waals surface area contributed by atoms with Crippen molar-refractivity contribution < 1.29 is 9.47 Å². The van der Waals surface area contributed by atoms with Crippen LogP contribution in [0.15, 0.2) is 98.4 Å². The highest BCUT2D eigenvalue weighted by molar-refractivity contribution is 8.00. The molecule has 0 aliphatic carbocycles. The van der Waals surface area contributed by atoms with Crippen LogP contribution in [0.3, 0.4) is 0 Å². The minimum atomic E-state index is 0.0159. The van der Waals surface area contributed by atoms with Gasteiger partial charge < -0.3 is 9.47 Å². The summed E-state index contributed by atoms with van der Waals surface area (Å²) in [6.45, 7) is 3.30. The molecule has 2 nitrogen and oxygen atoms in total. The molecule has 0 spiro atoms. The molecule has 0 saturated carbocycles. The summed E-state index contributed by atoms with van der Waals surface area (Å²) in [5.41, 5.74) is 1.21. The number of hydrogen-bond donors (Lipinski definition) is 0. The fourth-order valence-electron chi connectivity index (χ4n) is 2.64. The van der Waals surface area contributed by atoms with Crippen LogP contribution in [0.25, 0.3) is 0 Å². The van der Waals surface area contributed by atoms with Crippen LogP contribution in [0.2, 0.25) is 0 Å². The lowest BCUT2D eigenvalue weighted by Gasteiger charge is -2.18. The van der Waals surface area contributed by atoms with Gasteiger partial charge in [-0.25, -0.2) is 0 Å². The van der Waals surface area contributed by atoms with Crippen molar-refractivity contribution >= 4 is 23.5 Å². The molecule has 4 heteroatoms. The van der Waals surface area contributed by atoms with Crippen molar-refractivity contribution in [3.63, 3.8) is 0 Å². The Kier molecular flexibility index (Phi) is 7.84. The average molecular weight is 397 g/mol. The summed E-state index contributed by atoms with van der Waals surface area (Å²) >= 11 is 3.56. The molecular formula is C23H24O2S2. The van der Waals surface area contributed by atoms with Crippen LogP contribution in [0.1, 0.15) is 18.6 Å². The molecule has 0 aliphatic rings. The van der Waals surface area contributed by atoms with Crippen molar-refractivity contribution in [2.24, 2.45) is 0 Å². The highest BCUT2D eigenvalue weighted by Crippen LogP contribution is 2.38. The Morgan fingerprint density at radius 3 is 2.00 bits per heavy atom. The van der Waals surface area contributed by atoms with E-state index < -0.39 is 0 Å². The molecule has 0 aromatic heterocycles. The van der Waals surface area contributed by atoms with E-state index in [0.29, 0.717) is 13.2 Å². The summed E-state index contributed by atoms with van der Waals surface area (Å²) in [5.74, 6) is 0. The molecule has 0 N–H and O–H groups in total. The van der Waals surface area contributed by atoms with Crippen LogP contribution in [0, 0.1) is 0 Å². The lowest BCUT2D eigenvalue weighted by atomic mass is 10.1. The molecule has 1 unspecified atom stereocenters. The third kappa shape index (κ3) is 6.15. The SMILES string of the molecule is COCCOC(C)c1ccc(Sc2ccccc2)cc1Sc1ccccc1. The number of hydrogen-bond acceptors (Lipinski definition) is 4. The first kappa shape index (κ1) is 20.0. The van der Waals surface area contributed by atoms with Gasteiger partial charge >= 0.3 is 0 Å². The van der Waals surface area contributed by atoms with Crippen molar-refractivity contribution in [3.05, 3.63) is 84.4 Å². The second-order valence-electron chi connectivity index (χ2n) is 6.04. The Hall–Kier alpha value is -1.72. The topological polar surface area (TPSA) is 18.5 Å². The second kappa shape index (κ2) is 10.6. The largest absolute Gasteiger partial charge is 0.382 e. The molecule has 3 aromatic rings. The summed E-state index contributed by atoms with van der Waals surface area (Å²) in [6, 6.07) is 27.6. The third-order valence-corrected chi connectivity index (χ3v) is 6.11. The van der Waals surface area contributed by atoms with Gasteiger partial charge in [0.25, 0.3) is 0 Å². The van der Waals surface area contributed by atoms with Crippen molar-refractivity contribution in [3.8, 4) is 0 Å². The Labute approximate surface area is 170 Å². The number of rotatable bonds is 9. The molecule has 0 heterocycles. The van der Waals surface area contributed by atoms with E-state index in [1.165, 1.54) is 25.1 Å². The smallest absolute Gasteiger partial charge is 0.0808 e. The van der Waals surface area contributed by atoms with Gasteiger partial charge in [0.15, 0.2) is 0 Å². The number of methoxy groups -OCH3 is 1. The first-order valence-electron chi connectivity index (χ1n) is 8.96. The van der Waals surface area contributed by atoms with Crippen LogP contribution in [0.5, 0.6) is 0 Å². The summed E-state index contributed by atoms with van der Waals surface area (Å²) in [7, 11) is 1.69. The normalized spacial score (nSPS) is 12.1. The molecule has 0 bridgehead atoms. The third-order valence-electron chi connectivity index (χ3n) is 4.03. The highest BCUT2D eigenvalue weighted by atomic mass is 32.2. The van der Waals surface area contributed by atoms with Gasteiger partial charge in [-0.1, -0.05) is 66.0 Å². The standard InChI is InChI=1S/C23H24O2S2/c1-18(25-16-15-24-2)22-14-13-21(26-19-9-5-3-6-10-19)17-23(22)27-20-11-7-4-8-12-20/h3-14,17-18H,15-16H2,1-2H3. The molecule has 0 radical (unpaired) electrons. The molecule has 3 aromatic carbocycles. The van der Waals surface area contributed by atoms with Crippen LogP contribution in [-0.4, -0.2) is 20.3 Å². The van der Waals surface area contributed by atoms with E-state index in [-0.39, 0.29) is 6.10 Å². The maximum Gasteiger partial charge on any atom is 0.0808 e. The van der Waals surface area contributed by atoms with Crippen molar-refractivity contribution in [1.82, 2.24) is 0 Å². The summed E-state index contributed by atoms with van der Waals surface area (Å²) in [4.78, 5) is 4.93. The van der Waals surface area contributed by atoms with Gasteiger partial charge in [0.2, 0.25) is 0 Å². The summed E-state index contributed by atoms with van der Waals surface area (Å²) < 4.78 is 11.1. The number of benzene rings is 3. The quantitative estimate of drug-likeness (QED) is 0.374. The van der Waals surface area contributed by atoms with Crippen molar-refractivity contribution in [1.29, 1.82) is 0 Å². The van der Waals surface area contributed by atoms with Crippen molar-refractivity contribution in [2.45, 2.75) is 32.6 Å². The van der Waals surface area contributed by atoms with Gasteiger partial charge in [-0.3, -0.25) is 0 Å². The van der Waals surface area contributed by atoms with Crippen LogP contribution in [-0.2, 0) is 9.47 Å². The monoisotopic (exact) mass is 396 g/mol. The fraction of sp³-hybridized carbons (Fsp3) is 0.217. The predicted octanol–water partition coefficient (Wildman–Crippen LogP) is 6.71. The fourth-order valence-corrected chi connectivity index (χ4v) is 4.68. The first-order valence-corrected chi connectivity index (χ1v) is 10.6. The Bertz CT molecular complexity index is 822. The molecule has 0 fully saturated rings. The molecule has 0 saturated heterocycles. The van der Waals surface area contributed by atoms with Crippen LogP contribution in [0.4, 0.5) is 0 Å². The van der Waals surface area contributed by atoms with E-state index in [1.54, 1.807) is 30.6 Å². The Morgan fingerprint density at radius 2 is 1.37 bits per heavy atom. The zero-order valence-corrected chi connectivity index (χ0v) is 17.3. The molecule has 27 heavy (non-hydrogen) atoms. The summed E-state index contributed by atoms with van der Waals surface area (Å²) in [6.07, 6.45) is 0.0159. The van der Waals surface area contributed by atoms with E-state index in [4.69, 9.17) is 9.47 Å². The highest BCUT2D eigenvalue weighted by Gasteiger charge is 2.14. The van der Waals surface area contributed by atoms with Gasteiger partial charge in [-0.2, -0.15) is 0 Å². The van der Waals surface area contributed by atoms with E-state index in [9.17, 15) is 0 Å². The lowest BCUT2D eigenvalue weighted by Crippen LogP contribution is -2.07.